The Morgan fingerprint density at radius 1 is 1.41 bits per heavy atom. The lowest BCUT2D eigenvalue weighted by Gasteiger charge is -2.05. The van der Waals surface area contributed by atoms with Crippen LogP contribution in [0.5, 0.6) is 0 Å². The van der Waals surface area contributed by atoms with Gasteiger partial charge in [-0.1, -0.05) is 30.3 Å². The van der Waals surface area contributed by atoms with Gasteiger partial charge in [-0.25, -0.2) is 0 Å². The van der Waals surface area contributed by atoms with Crippen LogP contribution in [0.3, 0.4) is 0 Å². The van der Waals surface area contributed by atoms with Crippen molar-refractivity contribution in [2.45, 2.75) is 19.4 Å². The summed E-state index contributed by atoms with van der Waals surface area (Å²) in [6.07, 6.45) is 0.594. The molecule has 0 aliphatic rings. The Bertz CT molecular complexity index is 669. The van der Waals surface area contributed by atoms with E-state index in [9.17, 15) is 9.59 Å². The van der Waals surface area contributed by atoms with Crippen LogP contribution < -0.4 is 10.00 Å². The van der Waals surface area contributed by atoms with Crippen molar-refractivity contribution in [3.05, 3.63) is 47.3 Å². The highest BCUT2D eigenvalue weighted by atomic mass is 16.5. The van der Waals surface area contributed by atoms with Gasteiger partial charge in [0.15, 0.2) is 11.3 Å². The maximum atomic E-state index is 12.0. The lowest BCUT2D eigenvalue weighted by Crippen LogP contribution is -2.48. The summed E-state index contributed by atoms with van der Waals surface area (Å²) in [5, 5.41) is 14.5. The van der Waals surface area contributed by atoms with Crippen LogP contribution >= 0.6 is 0 Å². The van der Waals surface area contributed by atoms with Crippen LogP contribution in [0.4, 0.5) is 5.88 Å². The van der Waals surface area contributed by atoms with Crippen LogP contribution in [0.15, 0.2) is 34.9 Å². The molecule has 0 bridgehead atoms. The number of carbonyl (C=O) groups is 2. The van der Waals surface area contributed by atoms with E-state index < -0.39 is 24.3 Å². The number of rotatable bonds is 6. The highest BCUT2D eigenvalue weighted by Gasteiger charge is 2.31. The largest absolute Gasteiger partial charge is 0.659 e. The van der Waals surface area contributed by atoms with Crippen LogP contribution in [0.1, 0.15) is 29.0 Å². The fourth-order valence-electron chi connectivity index (χ4n) is 2.06. The molecule has 0 spiro atoms. The molecular formula is C14H16N4O4. The van der Waals surface area contributed by atoms with Crippen molar-refractivity contribution in [2.75, 3.05) is 6.54 Å². The second-order valence-corrected chi connectivity index (χ2v) is 4.81. The van der Waals surface area contributed by atoms with Gasteiger partial charge in [0.25, 0.3) is 0 Å². The molecule has 1 unspecified atom stereocenters. The summed E-state index contributed by atoms with van der Waals surface area (Å²) in [7, 11) is 0. The number of benzene rings is 1. The van der Waals surface area contributed by atoms with E-state index >= 15 is 0 Å². The number of hydrogen-bond acceptors (Lipinski definition) is 4. The topological polar surface area (TPSA) is 120 Å². The van der Waals surface area contributed by atoms with Gasteiger partial charge in [0.2, 0.25) is 0 Å². The summed E-state index contributed by atoms with van der Waals surface area (Å²) in [4.78, 5) is 22.5. The number of carboxylic acids is 1. The number of carbonyl (C=O) groups excluding carboxylic acids is 1. The first-order valence-corrected chi connectivity index (χ1v) is 6.66. The molecule has 0 saturated carbocycles. The standard InChI is InChI=1S/C14H16N4O4/c1-9(7-10-5-3-2-4-6-10)18-12(13(15)22-17-18)14(21)16-8-11(19)20/h2-6,9H,7-8H2,1H3,(H3-,15,16,17,19,20,21). The predicted octanol–water partition coefficient (Wildman–Crippen LogP) is 1.26. The molecule has 0 saturated heterocycles. The summed E-state index contributed by atoms with van der Waals surface area (Å²) in [6, 6.07) is 9.39. The Labute approximate surface area is 126 Å². The molecule has 2 aromatic rings. The Kier molecular flexibility index (Phi) is 4.72. The second kappa shape index (κ2) is 6.70. The van der Waals surface area contributed by atoms with Crippen molar-refractivity contribution in [3.8, 4) is 0 Å². The fraction of sp³-hybridized carbons (Fsp3) is 0.286. The lowest BCUT2D eigenvalue weighted by molar-refractivity contribution is -0.783. The zero-order chi connectivity index (χ0) is 16.1. The Hall–Kier alpha value is -2.90. The molecule has 0 aliphatic carbocycles. The minimum absolute atomic E-state index is 0.0929. The van der Waals surface area contributed by atoms with Crippen molar-refractivity contribution in [2.24, 2.45) is 0 Å². The van der Waals surface area contributed by atoms with Crippen LogP contribution in [-0.4, -0.2) is 28.8 Å². The number of aromatic nitrogens is 2. The third kappa shape index (κ3) is 3.60. The molecule has 3 N–H and O–H groups in total. The highest BCUT2D eigenvalue weighted by Crippen LogP contribution is 2.16. The van der Waals surface area contributed by atoms with Crippen LogP contribution in [0.25, 0.3) is 5.73 Å². The van der Waals surface area contributed by atoms with E-state index in [1.54, 1.807) is 0 Å². The van der Waals surface area contributed by atoms with Crippen LogP contribution in [-0.2, 0) is 11.2 Å². The van der Waals surface area contributed by atoms with Gasteiger partial charge in [-0.3, -0.25) is 9.59 Å². The second-order valence-electron chi connectivity index (χ2n) is 4.81. The molecule has 22 heavy (non-hydrogen) atoms. The van der Waals surface area contributed by atoms with Crippen LogP contribution in [0, 0.1) is 0 Å². The zero-order valence-corrected chi connectivity index (χ0v) is 11.9. The highest BCUT2D eigenvalue weighted by molar-refractivity contribution is 5.96. The fourth-order valence-corrected chi connectivity index (χ4v) is 2.06. The SMILES string of the molecule is CC(Cc1ccccc1)[n+]1noc([NH-])c1C(=O)NCC(=O)O. The van der Waals surface area contributed by atoms with Gasteiger partial charge >= 0.3 is 17.6 Å². The first-order valence-electron chi connectivity index (χ1n) is 6.66. The zero-order valence-electron chi connectivity index (χ0n) is 11.9. The molecule has 0 fully saturated rings. The molecule has 1 amide bonds. The van der Waals surface area contributed by atoms with Crippen molar-refractivity contribution < 1.29 is 23.9 Å². The smallest absolute Gasteiger partial charge is 0.322 e. The first-order chi connectivity index (χ1) is 10.5. The molecule has 0 aliphatic heterocycles. The summed E-state index contributed by atoms with van der Waals surface area (Å²) < 4.78 is 6.05. The van der Waals surface area contributed by atoms with E-state index in [4.69, 9.17) is 15.4 Å². The molecule has 1 aromatic carbocycles. The van der Waals surface area contributed by atoms with Gasteiger partial charge in [-0.15, -0.1) is 0 Å². The minimum Gasteiger partial charge on any atom is -0.659 e. The average Bonchev–Trinajstić information content (AvgIpc) is 2.87. The summed E-state index contributed by atoms with van der Waals surface area (Å²) in [5.41, 5.74) is 8.58. The van der Waals surface area contributed by atoms with Crippen molar-refractivity contribution in [1.29, 1.82) is 0 Å². The Morgan fingerprint density at radius 3 is 2.73 bits per heavy atom. The molecular weight excluding hydrogens is 288 g/mol. The van der Waals surface area contributed by atoms with E-state index in [0.29, 0.717) is 6.42 Å². The van der Waals surface area contributed by atoms with E-state index in [2.05, 4.69) is 10.6 Å². The summed E-state index contributed by atoms with van der Waals surface area (Å²) >= 11 is 0. The maximum Gasteiger partial charge on any atom is 0.322 e. The average molecular weight is 304 g/mol. The minimum atomic E-state index is -1.17. The van der Waals surface area contributed by atoms with E-state index in [-0.39, 0.29) is 11.7 Å². The number of nitrogens with one attached hydrogen (secondary N) is 2. The van der Waals surface area contributed by atoms with Gasteiger partial charge < -0.3 is 20.7 Å². The molecule has 8 nitrogen and oxygen atoms in total. The number of aliphatic carboxylic acids is 1. The third-order valence-corrected chi connectivity index (χ3v) is 3.07. The quantitative estimate of drug-likeness (QED) is 0.778. The van der Waals surface area contributed by atoms with E-state index in [1.807, 2.05) is 37.3 Å². The summed E-state index contributed by atoms with van der Waals surface area (Å²) in [6.45, 7) is 1.31. The van der Waals surface area contributed by atoms with Gasteiger partial charge in [0.05, 0.1) is 0 Å². The summed E-state index contributed by atoms with van der Waals surface area (Å²) in [5.74, 6) is -2.27. The normalized spacial score (nSPS) is 11.9. The number of nitrogens with zero attached hydrogens (tertiary/aromatic N) is 2. The van der Waals surface area contributed by atoms with Crippen molar-refractivity contribution in [1.82, 2.24) is 10.6 Å². The monoisotopic (exact) mass is 304 g/mol. The predicted molar refractivity (Wildman–Crippen MR) is 75.5 cm³/mol. The van der Waals surface area contributed by atoms with Crippen molar-refractivity contribution >= 4 is 17.8 Å². The molecule has 2 rings (SSSR count). The lowest BCUT2D eigenvalue weighted by atomic mass is 10.1. The third-order valence-electron chi connectivity index (χ3n) is 3.07. The van der Waals surface area contributed by atoms with Crippen molar-refractivity contribution in [3.63, 3.8) is 0 Å². The maximum absolute atomic E-state index is 12.0. The Morgan fingerprint density at radius 2 is 2.09 bits per heavy atom. The van der Waals surface area contributed by atoms with Gasteiger partial charge in [-0.05, 0) is 10.2 Å². The van der Waals surface area contributed by atoms with Gasteiger partial charge in [-0.2, -0.15) is 0 Å². The number of hydrogen-bond donors (Lipinski definition) is 2. The molecule has 1 atom stereocenters. The van der Waals surface area contributed by atoms with E-state index in [1.165, 1.54) is 4.68 Å². The number of amides is 1. The van der Waals surface area contributed by atoms with Gasteiger partial charge in [0, 0.05) is 13.3 Å². The molecule has 1 heterocycles. The molecule has 116 valence electrons. The van der Waals surface area contributed by atoms with E-state index in [0.717, 1.165) is 5.56 Å². The first kappa shape index (κ1) is 15.5. The van der Waals surface area contributed by atoms with Crippen LogP contribution in [0.2, 0.25) is 0 Å². The number of carboxylic acid groups (broad SMARTS) is 1. The van der Waals surface area contributed by atoms with Gasteiger partial charge in [0.1, 0.15) is 12.4 Å². The Balaban J connectivity index is 2.17. The molecule has 0 radical (unpaired) electrons. The molecule has 8 heteroatoms. The molecule has 1 aromatic heterocycles.